The molecule has 1 atom stereocenters. The second-order valence-electron chi connectivity index (χ2n) is 8.68. The molecule has 0 aliphatic carbocycles. The molecule has 2 amide bonds. The summed E-state index contributed by atoms with van der Waals surface area (Å²) in [5.74, 6) is -0.587. The number of unbranched alkanes of at least 4 members (excludes halogenated alkanes) is 1. The number of amides is 2. The summed E-state index contributed by atoms with van der Waals surface area (Å²) in [6, 6.07) is 18.2. The highest BCUT2D eigenvalue weighted by atomic mass is 19.1. The maximum Gasteiger partial charge on any atom is 0.255 e. The van der Waals surface area contributed by atoms with Crippen LogP contribution < -0.4 is 10.6 Å². The van der Waals surface area contributed by atoms with Gasteiger partial charge in [0.2, 0.25) is 0 Å². The number of furan rings is 1. The molecule has 7 heteroatoms. The lowest BCUT2D eigenvalue weighted by atomic mass is 9.98. The molecule has 0 spiro atoms. The number of benzene rings is 3. The lowest BCUT2D eigenvalue weighted by molar-refractivity contribution is 0.0911. The van der Waals surface area contributed by atoms with Crippen molar-refractivity contribution in [3.8, 4) is 22.5 Å². The maximum atomic E-state index is 13.5. The van der Waals surface area contributed by atoms with Crippen LogP contribution in [0, 0.1) is 5.82 Å². The molecule has 4 aromatic rings. The van der Waals surface area contributed by atoms with E-state index < -0.39 is 0 Å². The fourth-order valence-electron chi connectivity index (χ4n) is 4.20. The number of aliphatic hydroxyl groups is 1. The quantitative estimate of drug-likeness (QED) is 0.288. The van der Waals surface area contributed by atoms with Crippen LogP contribution in [0.1, 0.15) is 46.9 Å². The highest BCUT2D eigenvalue weighted by molar-refractivity contribution is 6.11. The number of carbonyl (C=O) groups excluding carboxylic acids is 2. The Labute approximate surface area is 209 Å². The topological polar surface area (TPSA) is 91.6 Å². The van der Waals surface area contributed by atoms with Crippen LogP contribution in [0.4, 0.5) is 4.39 Å². The second-order valence-corrected chi connectivity index (χ2v) is 8.68. The van der Waals surface area contributed by atoms with Crippen molar-refractivity contribution in [2.75, 3.05) is 13.7 Å². The zero-order valence-electron chi connectivity index (χ0n) is 20.3. The van der Waals surface area contributed by atoms with Gasteiger partial charge in [-0.25, -0.2) is 4.39 Å². The van der Waals surface area contributed by atoms with E-state index >= 15 is 0 Å². The van der Waals surface area contributed by atoms with Crippen molar-refractivity contribution >= 4 is 22.8 Å². The van der Waals surface area contributed by atoms with Crippen molar-refractivity contribution in [2.45, 2.75) is 32.2 Å². The van der Waals surface area contributed by atoms with Gasteiger partial charge in [-0.1, -0.05) is 38.0 Å². The summed E-state index contributed by atoms with van der Waals surface area (Å²) in [4.78, 5) is 25.7. The summed E-state index contributed by atoms with van der Waals surface area (Å²) in [6.07, 6.45) is 2.62. The summed E-state index contributed by atoms with van der Waals surface area (Å²) in [5.41, 5.74) is 3.55. The Morgan fingerprint density at radius 3 is 2.39 bits per heavy atom. The zero-order chi connectivity index (χ0) is 25.7. The highest BCUT2D eigenvalue weighted by Crippen LogP contribution is 2.36. The Bertz CT molecular complexity index is 1380. The van der Waals surface area contributed by atoms with Gasteiger partial charge in [0.05, 0.1) is 18.2 Å². The van der Waals surface area contributed by atoms with E-state index in [-0.39, 0.29) is 30.3 Å². The maximum absolute atomic E-state index is 13.5. The molecule has 0 bridgehead atoms. The number of carbonyl (C=O) groups is 2. The molecule has 1 aromatic heterocycles. The smallest absolute Gasteiger partial charge is 0.255 e. The molecule has 3 N–H and O–H groups in total. The monoisotopic (exact) mass is 488 g/mol. The van der Waals surface area contributed by atoms with Gasteiger partial charge in [-0.2, -0.15) is 0 Å². The Morgan fingerprint density at radius 2 is 1.69 bits per heavy atom. The number of halogens is 1. The molecule has 0 saturated carbocycles. The molecule has 3 aromatic carbocycles. The van der Waals surface area contributed by atoms with Gasteiger partial charge in [0, 0.05) is 23.6 Å². The predicted molar refractivity (Wildman–Crippen MR) is 138 cm³/mol. The first kappa shape index (κ1) is 25.1. The number of nitrogens with one attached hydrogen (secondary N) is 2. The molecule has 36 heavy (non-hydrogen) atoms. The molecule has 0 saturated heterocycles. The first-order valence-electron chi connectivity index (χ1n) is 12.0. The summed E-state index contributed by atoms with van der Waals surface area (Å²) < 4.78 is 19.5. The second kappa shape index (κ2) is 11.2. The lowest BCUT2D eigenvalue weighted by Gasteiger charge is -2.16. The standard InChI is InChI=1S/C29H29FN2O4/c1-3-4-8-23(17-33)32-28(34)21-7-5-6-19(15-21)20-11-14-25-24(16-20)26(29(35)31-2)27(36-25)18-9-12-22(30)13-10-18/h5-7,9-16,23,33H,3-4,8,17H2,1-2H3,(H,31,35)(H,32,34). The Hall–Kier alpha value is -3.97. The fourth-order valence-corrected chi connectivity index (χ4v) is 4.20. The largest absolute Gasteiger partial charge is 0.455 e. The first-order valence-corrected chi connectivity index (χ1v) is 12.0. The van der Waals surface area contributed by atoms with Crippen LogP contribution in [0.25, 0.3) is 33.4 Å². The number of hydrogen-bond donors (Lipinski definition) is 3. The van der Waals surface area contributed by atoms with E-state index in [0.717, 1.165) is 24.0 Å². The van der Waals surface area contributed by atoms with Crippen molar-refractivity contribution in [1.29, 1.82) is 0 Å². The van der Waals surface area contributed by atoms with E-state index in [4.69, 9.17) is 4.42 Å². The van der Waals surface area contributed by atoms with Crippen molar-refractivity contribution in [3.63, 3.8) is 0 Å². The van der Waals surface area contributed by atoms with E-state index in [1.807, 2.05) is 18.2 Å². The van der Waals surface area contributed by atoms with Crippen molar-refractivity contribution in [2.24, 2.45) is 0 Å². The van der Waals surface area contributed by atoms with E-state index in [9.17, 15) is 19.1 Å². The molecule has 0 fully saturated rings. The number of aliphatic hydroxyl groups excluding tert-OH is 1. The van der Waals surface area contributed by atoms with Crippen LogP contribution in [0.3, 0.4) is 0 Å². The van der Waals surface area contributed by atoms with Gasteiger partial charge in [0.15, 0.2) is 0 Å². The average molecular weight is 489 g/mol. The third kappa shape index (κ3) is 5.31. The molecule has 186 valence electrons. The van der Waals surface area contributed by atoms with Gasteiger partial charge in [0.25, 0.3) is 11.8 Å². The Balaban J connectivity index is 1.71. The number of rotatable bonds is 9. The molecular weight excluding hydrogens is 459 g/mol. The predicted octanol–water partition coefficient (Wildman–Crippen LogP) is 5.55. The lowest BCUT2D eigenvalue weighted by Crippen LogP contribution is -2.37. The normalized spacial score (nSPS) is 11.9. The van der Waals surface area contributed by atoms with Gasteiger partial charge >= 0.3 is 0 Å². The zero-order valence-corrected chi connectivity index (χ0v) is 20.3. The third-order valence-corrected chi connectivity index (χ3v) is 6.17. The molecule has 4 rings (SSSR count). The van der Waals surface area contributed by atoms with Crippen molar-refractivity contribution in [3.05, 3.63) is 83.7 Å². The van der Waals surface area contributed by atoms with Crippen LogP contribution in [0.2, 0.25) is 0 Å². The Kier molecular flexibility index (Phi) is 7.80. The molecule has 1 unspecified atom stereocenters. The molecule has 0 radical (unpaired) electrons. The van der Waals surface area contributed by atoms with E-state index in [1.54, 1.807) is 43.4 Å². The number of hydrogen-bond acceptors (Lipinski definition) is 4. The minimum absolute atomic E-state index is 0.110. The van der Waals surface area contributed by atoms with E-state index in [2.05, 4.69) is 17.6 Å². The van der Waals surface area contributed by atoms with Gasteiger partial charge in [0.1, 0.15) is 17.2 Å². The van der Waals surface area contributed by atoms with Gasteiger partial charge in [-0.3, -0.25) is 9.59 Å². The fraction of sp³-hybridized carbons (Fsp3) is 0.241. The molecule has 6 nitrogen and oxygen atoms in total. The summed E-state index contributed by atoms with van der Waals surface area (Å²) >= 11 is 0. The Morgan fingerprint density at radius 1 is 0.972 bits per heavy atom. The third-order valence-electron chi connectivity index (χ3n) is 6.17. The SMILES string of the molecule is CCCCC(CO)NC(=O)c1cccc(-c2ccc3oc(-c4ccc(F)cc4)c(C(=O)NC)c3c2)c1. The minimum atomic E-state index is -0.377. The first-order chi connectivity index (χ1) is 17.4. The molecular formula is C29H29FN2O4. The molecule has 0 aliphatic rings. The van der Waals surface area contributed by atoms with Crippen LogP contribution >= 0.6 is 0 Å². The summed E-state index contributed by atoms with van der Waals surface area (Å²) in [6.45, 7) is 1.95. The number of fused-ring (bicyclic) bond motifs is 1. The van der Waals surface area contributed by atoms with Crippen LogP contribution in [0.15, 0.2) is 71.1 Å². The highest BCUT2D eigenvalue weighted by Gasteiger charge is 2.22. The van der Waals surface area contributed by atoms with Gasteiger partial charge < -0.3 is 20.2 Å². The van der Waals surface area contributed by atoms with E-state index in [0.29, 0.717) is 39.8 Å². The van der Waals surface area contributed by atoms with Crippen LogP contribution in [-0.4, -0.2) is 36.6 Å². The minimum Gasteiger partial charge on any atom is -0.455 e. The van der Waals surface area contributed by atoms with Crippen LogP contribution in [0.5, 0.6) is 0 Å². The van der Waals surface area contributed by atoms with E-state index in [1.165, 1.54) is 12.1 Å². The summed E-state index contributed by atoms with van der Waals surface area (Å²) in [7, 11) is 1.54. The van der Waals surface area contributed by atoms with Crippen LogP contribution in [-0.2, 0) is 0 Å². The van der Waals surface area contributed by atoms with Crippen molar-refractivity contribution in [1.82, 2.24) is 10.6 Å². The molecule has 0 aliphatic heterocycles. The van der Waals surface area contributed by atoms with Gasteiger partial charge in [-0.05, 0) is 66.1 Å². The van der Waals surface area contributed by atoms with Crippen molar-refractivity contribution < 1.29 is 23.5 Å². The summed E-state index contributed by atoms with van der Waals surface area (Å²) in [5, 5.41) is 15.8. The molecule has 1 heterocycles. The van der Waals surface area contributed by atoms with Gasteiger partial charge in [-0.15, -0.1) is 0 Å². The average Bonchev–Trinajstić information content (AvgIpc) is 3.29.